The molecule has 0 aromatic heterocycles. The van der Waals surface area contributed by atoms with E-state index in [1.54, 1.807) is 25.1 Å². The van der Waals surface area contributed by atoms with Gasteiger partial charge in [-0.15, -0.1) is 0 Å². The second-order valence-corrected chi connectivity index (χ2v) is 5.42. The van der Waals surface area contributed by atoms with Gasteiger partial charge in [-0.05, 0) is 47.5 Å². The third-order valence-electron chi connectivity index (χ3n) is 2.73. The van der Waals surface area contributed by atoms with Crippen LogP contribution in [0.3, 0.4) is 0 Å². The second kappa shape index (κ2) is 5.85. The van der Waals surface area contributed by atoms with E-state index in [4.69, 9.17) is 11.6 Å². The van der Waals surface area contributed by atoms with Crippen molar-refractivity contribution in [2.75, 3.05) is 6.61 Å². The van der Waals surface area contributed by atoms with Crippen LogP contribution >= 0.6 is 27.5 Å². The van der Waals surface area contributed by atoms with Crippen LogP contribution in [0.25, 0.3) is 0 Å². The van der Waals surface area contributed by atoms with E-state index in [9.17, 15) is 9.90 Å². The average molecular weight is 321 g/mol. The molecule has 0 heterocycles. The van der Waals surface area contributed by atoms with Crippen molar-refractivity contribution in [1.82, 2.24) is 5.32 Å². The van der Waals surface area contributed by atoms with E-state index in [1.165, 1.54) is 0 Å². The number of hydrogen-bond acceptors (Lipinski definition) is 2. The largest absolute Gasteiger partial charge is 0.394 e. The van der Waals surface area contributed by atoms with Gasteiger partial charge in [0, 0.05) is 10.0 Å². The molecular weight excluding hydrogens is 305 g/mol. The highest BCUT2D eigenvalue weighted by molar-refractivity contribution is 9.10. The number of aliphatic hydroxyl groups is 1. The summed E-state index contributed by atoms with van der Waals surface area (Å²) in [6.45, 7) is 3.61. The Balaban J connectivity index is 2.86. The van der Waals surface area contributed by atoms with Crippen LogP contribution in [0.1, 0.15) is 30.6 Å². The number of carbonyl (C=O) groups excluding carboxylic acids is 1. The minimum atomic E-state index is -0.601. The van der Waals surface area contributed by atoms with E-state index in [2.05, 4.69) is 21.2 Å². The normalized spacial score (nSPS) is 14.2. The molecule has 5 heteroatoms. The second-order valence-electron chi connectivity index (χ2n) is 4.16. The third kappa shape index (κ3) is 3.69. The van der Waals surface area contributed by atoms with Gasteiger partial charge in [0.1, 0.15) is 0 Å². The number of amides is 1. The van der Waals surface area contributed by atoms with Crippen molar-refractivity contribution in [3.8, 4) is 0 Å². The lowest BCUT2D eigenvalue weighted by Gasteiger charge is -2.27. The predicted molar refractivity (Wildman–Crippen MR) is 72.4 cm³/mol. The van der Waals surface area contributed by atoms with Crippen LogP contribution < -0.4 is 5.32 Å². The maximum absolute atomic E-state index is 11.9. The summed E-state index contributed by atoms with van der Waals surface area (Å²) >= 11 is 9.18. The van der Waals surface area contributed by atoms with Gasteiger partial charge < -0.3 is 10.4 Å². The summed E-state index contributed by atoms with van der Waals surface area (Å²) in [6.07, 6.45) is 0.652. The highest BCUT2D eigenvalue weighted by Crippen LogP contribution is 2.23. The smallest absolute Gasteiger partial charge is 0.251 e. The zero-order valence-electron chi connectivity index (χ0n) is 9.76. The number of hydrogen-bond donors (Lipinski definition) is 2. The van der Waals surface area contributed by atoms with Gasteiger partial charge in [0.2, 0.25) is 0 Å². The topological polar surface area (TPSA) is 49.3 Å². The zero-order valence-corrected chi connectivity index (χ0v) is 12.1. The van der Waals surface area contributed by atoms with Crippen LogP contribution in [0.4, 0.5) is 0 Å². The molecule has 94 valence electrons. The van der Waals surface area contributed by atoms with Crippen molar-refractivity contribution >= 4 is 33.4 Å². The number of benzene rings is 1. The maximum atomic E-state index is 11.9. The molecule has 0 bridgehead atoms. The summed E-state index contributed by atoms with van der Waals surface area (Å²) in [7, 11) is 0. The molecule has 1 rings (SSSR count). The van der Waals surface area contributed by atoms with Crippen LogP contribution in [0.15, 0.2) is 22.7 Å². The Morgan fingerprint density at radius 2 is 2.24 bits per heavy atom. The first-order chi connectivity index (χ1) is 7.91. The molecule has 0 aliphatic heterocycles. The van der Waals surface area contributed by atoms with Gasteiger partial charge >= 0.3 is 0 Å². The predicted octanol–water partition coefficient (Wildman–Crippen LogP) is 2.99. The van der Waals surface area contributed by atoms with Crippen LogP contribution in [-0.2, 0) is 0 Å². The van der Waals surface area contributed by atoms with Gasteiger partial charge in [-0.1, -0.05) is 18.5 Å². The fraction of sp³-hybridized carbons (Fsp3) is 0.417. The Morgan fingerprint density at radius 3 is 2.71 bits per heavy atom. The number of carbonyl (C=O) groups is 1. The summed E-state index contributed by atoms with van der Waals surface area (Å²) in [6, 6.07) is 4.99. The van der Waals surface area contributed by atoms with E-state index in [0.717, 1.165) is 4.47 Å². The van der Waals surface area contributed by atoms with E-state index in [0.29, 0.717) is 17.0 Å². The summed E-state index contributed by atoms with van der Waals surface area (Å²) in [4.78, 5) is 11.9. The van der Waals surface area contributed by atoms with Crippen molar-refractivity contribution in [3.05, 3.63) is 33.3 Å². The first-order valence-corrected chi connectivity index (χ1v) is 6.47. The SMILES string of the molecule is CCC(C)(CO)NC(=O)c1ccc(Br)c(Cl)c1. The van der Waals surface area contributed by atoms with Gasteiger partial charge in [-0.3, -0.25) is 4.79 Å². The van der Waals surface area contributed by atoms with Crippen LogP contribution in [0.5, 0.6) is 0 Å². The monoisotopic (exact) mass is 319 g/mol. The average Bonchev–Trinajstić information content (AvgIpc) is 2.32. The van der Waals surface area contributed by atoms with Crippen molar-refractivity contribution in [2.24, 2.45) is 0 Å². The van der Waals surface area contributed by atoms with Gasteiger partial charge in [0.05, 0.1) is 17.2 Å². The highest BCUT2D eigenvalue weighted by atomic mass is 79.9. The molecule has 1 amide bonds. The Kier molecular flexibility index (Phi) is 4.98. The lowest BCUT2D eigenvalue weighted by molar-refractivity contribution is 0.0847. The number of nitrogens with one attached hydrogen (secondary N) is 1. The van der Waals surface area contributed by atoms with Gasteiger partial charge in [0.25, 0.3) is 5.91 Å². The van der Waals surface area contributed by atoms with Crippen LogP contribution in [-0.4, -0.2) is 23.2 Å². The molecule has 1 unspecified atom stereocenters. The highest BCUT2D eigenvalue weighted by Gasteiger charge is 2.23. The van der Waals surface area contributed by atoms with Gasteiger partial charge in [0.15, 0.2) is 0 Å². The summed E-state index contributed by atoms with van der Waals surface area (Å²) < 4.78 is 0.746. The molecule has 1 aromatic carbocycles. The van der Waals surface area contributed by atoms with Crippen molar-refractivity contribution in [1.29, 1.82) is 0 Å². The van der Waals surface area contributed by atoms with E-state index in [-0.39, 0.29) is 12.5 Å². The zero-order chi connectivity index (χ0) is 13.1. The fourth-order valence-electron chi connectivity index (χ4n) is 1.22. The molecule has 1 atom stereocenters. The number of rotatable bonds is 4. The standard InChI is InChI=1S/C12H15BrClNO2/c1-3-12(2,7-16)15-11(17)8-4-5-9(13)10(14)6-8/h4-6,16H,3,7H2,1-2H3,(H,15,17). The van der Waals surface area contributed by atoms with Crippen molar-refractivity contribution in [2.45, 2.75) is 25.8 Å². The van der Waals surface area contributed by atoms with E-state index >= 15 is 0 Å². The molecule has 0 fully saturated rings. The maximum Gasteiger partial charge on any atom is 0.251 e. The Hall–Kier alpha value is -0.580. The summed E-state index contributed by atoms with van der Waals surface area (Å²) in [5, 5.41) is 12.5. The molecule has 0 aliphatic rings. The summed E-state index contributed by atoms with van der Waals surface area (Å²) in [5.41, 5.74) is -0.122. The van der Waals surface area contributed by atoms with Gasteiger partial charge in [-0.2, -0.15) is 0 Å². The Morgan fingerprint density at radius 1 is 1.59 bits per heavy atom. The van der Waals surface area contributed by atoms with Crippen molar-refractivity contribution in [3.63, 3.8) is 0 Å². The van der Waals surface area contributed by atoms with Crippen LogP contribution in [0, 0.1) is 0 Å². The van der Waals surface area contributed by atoms with Crippen LogP contribution in [0.2, 0.25) is 5.02 Å². The van der Waals surface area contributed by atoms with E-state index < -0.39 is 5.54 Å². The molecule has 17 heavy (non-hydrogen) atoms. The Bertz CT molecular complexity index is 419. The molecule has 0 aliphatic carbocycles. The first kappa shape index (κ1) is 14.5. The van der Waals surface area contributed by atoms with Gasteiger partial charge in [-0.25, -0.2) is 0 Å². The molecule has 1 aromatic rings. The number of halogens is 2. The first-order valence-electron chi connectivity index (χ1n) is 5.30. The lowest BCUT2D eigenvalue weighted by atomic mass is 9.99. The number of aliphatic hydroxyl groups excluding tert-OH is 1. The molecule has 0 saturated heterocycles. The molecule has 3 nitrogen and oxygen atoms in total. The summed E-state index contributed by atoms with van der Waals surface area (Å²) in [5.74, 6) is -0.238. The fourth-order valence-corrected chi connectivity index (χ4v) is 1.65. The minimum absolute atomic E-state index is 0.0977. The molecule has 0 saturated carbocycles. The quantitative estimate of drug-likeness (QED) is 0.896. The lowest BCUT2D eigenvalue weighted by Crippen LogP contribution is -2.48. The molecule has 0 spiro atoms. The molecular formula is C12H15BrClNO2. The third-order valence-corrected chi connectivity index (χ3v) is 3.96. The van der Waals surface area contributed by atoms with Crippen molar-refractivity contribution < 1.29 is 9.90 Å². The minimum Gasteiger partial charge on any atom is -0.394 e. The Labute approximate surface area is 114 Å². The van der Waals surface area contributed by atoms with E-state index in [1.807, 2.05) is 6.92 Å². The molecule has 0 radical (unpaired) electrons. The molecule has 2 N–H and O–H groups in total.